The van der Waals surface area contributed by atoms with E-state index in [1.54, 1.807) is 19.2 Å². The van der Waals surface area contributed by atoms with E-state index in [0.717, 1.165) is 49.1 Å². The molecule has 1 heterocycles. The van der Waals surface area contributed by atoms with E-state index in [2.05, 4.69) is 10.3 Å². The number of nitrogens with zero attached hydrogens (tertiary/aromatic N) is 2. The molecule has 5 N–H and O–H groups in total. The van der Waals surface area contributed by atoms with Gasteiger partial charge in [0.15, 0.2) is 11.9 Å². The fraction of sp³-hybridized carbons (Fsp3) is 0.440. The number of rotatable bonds is 7. The van der Waals surface area contributed by atoms with Crippen molar-refractivity contribution in [1.82, 2.24) is 4.98 Å². The van der Waals surface area contributed by atoms with Crippen LogP contribution >= 0.6 is 0 Å². The van der Waals surface area contributed by atoms with Crippen molar-refractivity contribution in [3.8, 4) is 0 Å². The molecule has 2 aliphatic carbocycles. The molecule has 0 radical (unpaired) electrons. The Morgan fingerprint density at radius 2 is 1.94 bits per heavy atom. The predicted octanol–water partition coefficient (Wildman–Crippen LogP) is 3.83. The lowest BCUT2D eigenvalue weighted by Crippen LogP contribution is -2.52. The van der Waals surface area contributed by atoms with Crippen LogP contribution in [0.2, 0.25) is 0 Å². The molecule has 1 atom stereocenters. The number of hydrogen-bond acceptors (Lipinski definition) is 8. The topological polar surface area (TPSA) is 133 Å². The van der Waals surface area contributed by atoms with Gasteiger partial charge < -0.3 is 21.5 Å². The van der Waals surface area contributed by atoms with Gasteiger partial charge in [-0.05, 0) is 43.5 Å². The van der Waals surface area contributed by atoms with Crippen molar-refractivity contribution in [2.45, 2.75) is 57.9 Å². The van der Waals surface area contributed by atoms with Crippen molar-refractivity contribution in [2.75, 3.05) is 23.4 Å². The highest BCUT2D eigenvalue weighted by Crippen LogP contribution is 2.47. The number of carbonyl (C=O) groups excluding carboxylic acids is 2. The Labute approximate surface area is 193 Å². The van der Waals surface area contributed by atoms with Crippen LogP contribution in [0, 0.1) is 5.41 Å². The van der Waals surface area contributed by atoms with Gasteiger partial charge in [-0.1, -0.05) is 31.4 Å². The SMILES string of the molecule is CCOC(=O)[C@H](Cc1ccc(Nc2ncc(N)cc2N)cc1)N=C1CC(=O)C12CCCCC2. The first-order valence-corrected chi connectivity index (χ1v) is 11.6. The van der Waals surface area contributed by atoms with Crippen molar-refractivity contribution < 1.29 is 14.3 Å². The van der Waals surface area contributed by atoms with Gasteiger partial charge in [0.05, 0.1) is 29.6 Å². The van der Waals surface area contributed by atoms with Crippen LogP contribution in [-0.4, -0.2) is 35.1 Å². The minimum Gasteiger partial charge on any atom is -0.464 e. The van der Waals surface area contributed by atoms with Crippen LogP contribution in [0.1, 0.15) is 51.0 Å². The summed E-state index contributed by atoms with van der Waals surface area (Å²) in [6, 6.07) is 8.67. The normalized spacial score (nSPS) is 19.2. The minimum atomic E-state index is -0.653. The number of ketones is 1. The first-order chi connectivity index (χ1) is 15.9. The number of esters is 1. The number of carbonyl (C=O) groups is 2. The second kappa shape index (κ2) is 9.60. The summed E-state index contributed by atoms with van der Waals surface area (Å²) in [5.41, 5.74) is 14.8. The first-order valence-electron chi connectivity index (χ1n) is 11.6. The van der Waals surface area contributed by atoms with Gasteiger partial charge in [-0.2, -0.15) is 0 Å². The highest BCUT2D eigenvalue weighted by atomic mass is 16.5. The predicted molar refractivity (Wildman–Crippen MR) is 129 cm³/mol. The molecule has 0 saturated heterocycles. The summed E-state index contributed by atoms with van der Waals surface area (Å²) in [6.45, 7) is 2.08. The Morgan fingerprint density at radius 3 is 2.58 bits per heavy atom. The molecule has 4 rings (SSSR count). The quantitative estimate of drug-likeness (QED) is 0.547. The summed E-state index contributed by atoms with van der Waals surface area (Å²) in [6.07, 6.45) is 7.24. The van der Waals surface area contributed by atoms with Crippen LogP contribution in [0.4, 0.5) is 22.9 Å². The minimum absolute atomic E-state index is 0.273. The molecule has 8 heteroatoms. The molecule has 0 bridgehead atoms. The van der Waals surface area contributed by atoms with Gasteiger partial charge in [-0.25, -0.2) is 9.78 Å². The van der Waals surface area contributed by atoms with Gasteiger partial charge in [0.25, 0.3) is 0 Å². The molecule has 0 aliphatic heterocycles. The molecule has 8 nitrogen and oxygen atoms in total. The molecule has 2 aromatic rings. The lowest BCUT2D eigenvalue weighted by atomic mass is 9.58. The fourth-order valence-corrected chi connectivity index (χ4v) is 4.73. The van der Waals surface area contributed by atoms with E-state index in [-0.39, 0.29) is 11.8 Å². The Kier molecular flexibility index (Phi) is 6.62. The molecule has 0 unspecified atom stereocenters. The second-order valence-corrected chi connectivity index (χ2v) is 8.82. The largest absolute Gasteiger partial charge is 0.464 e. The summed E-state index contributed by atoms with van der Waals surface area (Å²) in [7, 11) is 0. The van der Waals surface area contributed by atoms with Gasteiger partial charge in [0.2, 0.25) is 0 Å². The zero-order valence-electron chi connectivity index (χ0n) is 19.0. The van der Waals surface area contributed by atoms with E-state index in [0.29, 0.717) is 36.6 Å². The van der Waals surface area contributed by atoms with E-state index in [4.69, 9.17) is 21.2 Å². The van der Waals surface area contributed by atoms with Gasteiger partial charge in [-0.3, -0.25) is 9.79 Å². The summed E-state index contributed by atoms with van der Waals surface area (Å²) in [4.78, 5) is 34.2. The molecule has 2 aliphatic rings. The number of pyridine rings is 1. The fourth-order valence-electron chi connectivity index (χ4n) is 4.73. The number of nitrogens with two attached hydrogens (primary N) is 2. The monoisotopic (exact) mass is 449 g/mol. The first kappa shape index (κ1) is 22.8. The molecular weight excluding hydrogens is 418 g/mol. The van der Waals surface area contributed by atoms with Crippen molar-refractivity contribution in [1.29, 1.82) is 0 Å². The zero-order valence-corrected chi connectivity index (χ0v) is 19.0. The number of aliphatic imine (C=N–C) groups is 1. The lowest BCUT2D eigenvalue weighted by molar-refractivity contribution is -0.144. The zero-order chi connectivity index (χ0) is 23.4. The lowest BCUT2D eigenvalue weighted by Gasteiger charge is -2.44. The third-order valence-corrected chi connectivity index (χ3v) is 6.58. The van der Waals surface area contributed by atoms with E-state index < -0.39 is 11.5 Å². The van der Waals surface area contributed by atoms with E-state index in [9.17, 15) is 9.59 Å². The number of aromatic nitrogens is 1. The molecule has 0 amide bonds. The highest BCUT2D eigenvalue weighted by molar-refractivity contribution is 6.27. The average molecular weight is 450 g/mol. The van der Waals surface area contributed by atoms with Crippen LogP contribution < -0.4 is 16.8 Å². The third-order valence-electron chi connectivity index (χ3n) is 6.58. The number of nitrogens with one attached hydrogen (secondary N) is 1. The molecule has 174 valence electrons. The molecule has 1 aromatic carbocycles. The van der Waals surface area contributed by atoms with Gasteiger partial charge in [-0.15, -0.1) is 0 Å². The van der Waals surface area contributed by atoms with Gasteiger partial charge in [0.1, 0.15) is 5.78 Å². The van der Waals surface area contributed by atoms with Crippen molar-refractivity contribution in [3.05, 3.63) is 42.1 Å². The number of hydrogen-bond donors (Lipinski definition) is 3. The van der Waals surface area contributed by atoms with Crippen LogP contribution in [0.5, 0.6) is 0 Å². The Bertz CT molecular complexity index is 1060. The number of benzene rings is 1. The summed E-state index contributed by atoms with van der Waals surface area (Å²) in [5.74, 6) is 0.450. The van der Waals surface area contributed by atoms with Gasteiger partial charge >= 0.3 is 5.97 Å². The maximum atomic E-state index is 12.7. The van der Waals surface area contributed by atoms with Crippen molar-refractivity contribution >= 4 is 40.3 Å². The molecule has 1 spiro atoms. The summed E-state index contributed by atoms with van der Waals surface area (Å²) < 4.78 is 5.30. The van der Waals surface area contributed by atoms with Crippen molar-refractivity contribution in [3.63, 3.8) is 0 Å². The number of anilines is 4. The third kappa shape index (κ3) is 4.84. The average Bonchev–Trinajstić information content (AvgIpc) is 2.82. The standard InChI is InChI=1S/C25H31N5O3/c1-2-33-24(32)20(30-21-14-22(31)25(21)10-4-3-5-11-25)12-16-6-8-18(9-7-16)29-23-19(27)13-17(26)15-28-23/h6-9,13,15,20H,2-5,10-12,14,26-27H2,1H3,(H,28,29)/t20-/m0/s1. The number of ether oxygens (including phenoxy) is 1. The molecule has 2 saturated carbocycles. The Balaban J connectivity index is 1.50. The van der Waals surface area contributed by atoms with Crippen LogP contribution in [0.25, 0.3) is 0 Å². The van der Waals surface area contributed by atoms with E-state index in [1.807, 2.05) is 24.3 Å². The summed E-state index contributed by atoms with van der Waals surface area (Å²) >= 11 is 0. The molecule has 1 aromatic heterocycles. The smallest absolute Gasteiger partial charge is 0.331 e. The molecular formula is C25H31N5O3. The number of Topliss-reactive ketones (excluding diaryl/α,β-unsaturated/α-hetero) is 1. The summed E-state index contributed by atoms with van der Waals surface area (Å²) in [5, 5.41) is 3.17. The maximum Gasteiger partial charge on any atom is 0.331 e. The van der Waals surface area contributed by atoms with E-state index >= 15 is 0 Å². The Hall–Kier alpha value is -3.42. The van der Waals surface area contributed by atoms with E-state index in [1.165, 1.54) is 0 Å². The maximum absolute atomic E-state index is 12.7. The molecule has 33 heavy (non-hydrogen) atoms. The second-order valence-electron chi connectivity index (χ2n) is 8.82. The van der Waals surface area contributed by atoms with Gasteiger partial charge in [0, 0.05) is 24.2 Å². The number of nitrogen functional groups attached to an aromatic ring is 2. The Morgan fingerprint density at radius 1 is 1.21 bits per heavy atom. The molecule has 2 fully saturated rings. The van der Waals surface area contributed by atoms with Crippen LogP contribution in [0.3, 0.4) is 0 Å². The van der Waals surface area contributed by atoms with Crippen LogP contribution in [0.15, 0.2) is 41.5 Å². The highest BCUT2D eigenvalue weighted by Gasteiger charge is 2.52. The van der Waals surface area contributed by atoms with Crippen LogP contribution in [-0.2, 0) is 20.7 Å². The van der Waals surface area contributed by atoms with Crippen molar-refractivity contribution in [2.24, 2.45) is 10.4 Å².